The van der Waals surface area contributed by atoms with E-state index in [1.54, 1.807) is 12.5 Å². The average Bonchev–Trinajstić information content (AvgIpc) is 3.20. The van der Waals surface area contributed by atoms with Crippen molar-refractivity contribution in [2.24, 2.45) is 0 Å². The van der Waals surface area contributed by atoms with Gasteiger partial charge in [-0.25, -0.2) is 9.97 Å². The fourth-order valence-electron chi connectivity index (χ4n) is 3.01. The minimum Gasteiger partial charge on any atom is -0.444 e. The topological polar surface area (TPSA) is 78.8 Å². The zero-order chi connectivity index (χ0) is 14.9. The van der Waals surface area contributed by atoms with Gasteiger partial charge in [0.05, 0.1) is 17.4 Å². The summed E-state index contributed by atoms with van der Waals surface area (Å²) in [7, 11) is 0. The summed E-state index contributed by atoms with van der Waals surface area (Å²) in [6.45, 7) is 3.19. The van der Waals surface area contributed by atoms with Gasteiger partial charge in [0.2, 0.25) is 5.89 Å². The second-order valence-electron chi connectivity index (χ2n) is 5.85. The van der Waals surface area contributed by atoms with Crippen LogP contribution < -0.4 is 10.6 Å². The largest absolute Gasteiger partial charge is 0.444 e. The monoisotopic (exact) mass is 297 g/mol. The van der Waals surface area contributed by atoms with Gasteiger partial charge in [-0.15, -0.1) is 0 Å². The van der Waals surface area contributed by atoms with E-state index in [4.69, 9.17) is 4.42 Å². The minimum absolute atomic E-state index is 0.394. The lowest BCUT2D eigenvalue weighted by molar-refractivity contribution is 0.399. The van der Waals surface area contributed by atoms with Gasteiger partial charge in [-0.3, -0.25) is 0 Å². The third kappa shape index (κ3) is 2.35. The van der Waals surface area contributed by atoms with Gasteiger partial charge in [0.1, 0.15) is 11.9 Å². The summed E-state index contributed by atoms with van der Waals surface area (Å²) in [5, 5.41) is 8.25. The normalized spacial score (nSPS) is 22.0. The van der Waals surface area contributed by atoms with E-state index in [9.17, 15) is 0 Å². The van der Waals surface area contributed by atoms with Crippen molar-refractivity contribution in [1.82, 2.24) is 20.3 Å². The number of pyridine rings is 1. The molecule has 1 aliphatic heterocycles. The maximum Gasteiger partial charge on any atom is 0.229 e. The van der Waals surface area contributed by atoms with Crippen molar-refractivity contribution in [1.29, 1.82) is 0 Å². The Bertz CT molecular complexity index is 756. The van der Waals surface area contributed by atoms with Crippen molar-refractivity contribution in [2.45, 2.75) is 31.8 Å². The zero-order valence-corrected chi connectivity index (χ0v) is 12.5. The van der Waals surface area contributed by atoms with Crippen LogP contribution in [0, 0.1) is 0 Å². The molecule has 1 saturated heterocycles. The highest BCUT2D eigenvalue weighted by molar-refractivity contribution is 5.97. The van der Waals surface area contributed by atoms with Crippen molar-refractivity contribution in [3.05, 3.63) is 30.9 Å². The molecule has 0 unspecified atom stereocenters. The molecule has 3 N–H and O–H groups in total. The van der Waals surface area contributed by atoms with Crippen molar-refractivity contribution >= 4 is 16.7 Å². The minimum atomic E-state index is 0.394. The molecular formula is C16H19N5O. The molecule has 6 nitrogen and oxygen atoms in total. The molecule has 0 aliphatic carbocycles. The molecule has 4 heterocycles. The van der Waals surface area contributed by atoms with Gasteiger partial charge in [0.15, 0.2) is 0 Å². The molecule has 0 saturated carbocycles. The van der Waals surface area contributed by atoms with E-state index in [1.807, 2.05) is 18.5 Å². The standard InChI is InChI=1S/C16H19N5O/c1-10-2-3-11(8-19-10)21-14-12-4-5-17-15(12)20-9-13(14)16-18-6-7-22-16/h4-7,9-11,19H,2-3,8H2,1H3,(H2,17,20,21)/t10-,11+/m0/s1. The van der Waals surface area contributed by atoms with E-state index in [-0.39, 0.29) is 0 Å². The Balaban J connectivity index is 1.73. The number of hydrogen-bond donors (Lipinski definition) is 3. The fourth-order valence-corrected chi connectivity index (χ4v) is 3.01. The molecule has 6 heteroatoms. The highest BCUT2D eigenvalue weighted by Crippen LogP contribution is 2.33. The van der Waals surface area contributed by atoms with Crippen LogP contribution in [0.5, 0.6) is 0 Å². The first kappa shape index (κ1) is 13.3. The van der Waals surface area contributed by atoms with Gasteiger partial charge in [0, 0.05) is 36.4 Å². The van der Waals surface area contributed by atoms with E-state index >= 15 is 0 Å². The van der Waals surface area contributed by atoms with E-state index in [0.29, 0.717) is 18.0 Å². The number of nitrogens with one attached hydrogen (secondary N) is 3. The molecule has 1 fully saturated rings. The van der Waals surface area contributed by atoms with E-state index < -0.39 is 0 Å². The van der Waals surface area contributed by atoms with Gasteiger partial charge in [0.25, 0.3) is 0 Å². The number of anilines is 1. The summed E-state index contributed by atoms with van der Waals surface area (Å²) in [6, 6.07) is 3.02. The molecule has 0 spiro atoms. The lowest BCUT2D eigenvalue weighted by Crippen LogP contribution is -2.43. The predicted molar refractivity (Wildman–Crippen MR) is 85.7 cm³/mol. The Morgan fingerprint density at radius 1 is 1.32 bits per heavy atom. The number of aromatic amines is 1. The second kappa shape index (κ2) is 5.46. The van der Waals surface area contributed by atoms with E-state index in [1.165, 1.54) is 6.42 Å². The predicted octanol–water partition coefficient (Wildman–Crippen LogP) is 2.77. The van der Waals surface area contributed by atoms with Crippen LogP contribution in [0.2, 0.25) is 0 Å². The summed E-state index contributed by atoms with van der Waals surface area (Å²) < 4.78 is 5.47. The highest BCUT2D eigenvalue weighted by atomic mass is 16.3. The van der Waals surface area contributed by atoms with E-state index in [0.717, 1.165) is 35.2 Å². The maximum atomic E-state index is 5.47. The molecule has 0 bridgehead atoms. The molecule has 3 aromatic heterocycles. The summed E-state index contributed by atoms with van der Waals surface area (Å²) in [5.41, 5.74) is 2.81. The number of piperidine rings is 1. The summed E-state index contributed by atoms with van der Waals surface area (Å²) in [6.07, 6.45) is 9.28. The van der Waals surface area contributed by atoms with E-state index in [2.05, 4.69) is 32.5 Å². The Labute approximate surface area is 128 Å². The zero-order valence-electron chi connectivity index (χ0n) is 12.5. The average molecular weight is 297 g/mol. The third-order valence-electron chi connectivity index (χ3n) is 4.26. The lowest BCUT2D eigenvalue weighted by atomic mass is 10.0. The maximum absolute atomic E-state index is 5.47. The molecule has 0 aromatic carbocycles. The number of hydrogen-bond acceptors (Lipinski definition) is 5. The number of fused-ring (bicyclic) bond motifs is 1. The first-order chi connectivity index (χ1) is 10.8. The van der Waals surface area contributed by atoms with Crippen LogP contribution in [0.4, 0.5) is 5.69 Å². The molecule has 114 valence electrons. The van der Waals surface area contributed by atoms with Crippen molar-refractivity contribution in [3.8, 4) is 11.5 Å². The van der Waals surface area contributed by atoms with Crippen LogP contribution in [-0.2, 0) is 0 Å². The Kier molecular flexibility index (Phi) is 3.31. The molecule has 0 radical (unpaired) electrons. The van der Waals surface area contributed by atoms with Crippen molar-refractivity contribution in [3.63, 3.8) is 0 Å². The summed E-state index contributed by atoms with van der Waals surface area (Å²) >= 11 is 0. The van der Waals surface area contributed by atoms with Crippen LogP contribution in [0.25, 0.3) is 22.5 Å². The van der Waals surface area contributed by atoms with Crippen LogP contribution in [-0.4, -0.2) is 33.6 Å². The molecule has 4 rings (SSSR count). The van der Waals surface area contributed by atoms with Gasteiger partial charge in [-0.05, 0) is 25.8 Å². The summed E-state index contributed by atoms with van der Waals surface area (Å²) in [4.78, 5) is 11.9. The number of nitrogens with zero attached hydrogens (tertiary/aromatic N) is 2. The van der Waals surface area contributed by atoms with Crippen molar-refractivity contribution < 1.29 is 4.42 Å². The first-order valence-corrected chi connectivity index (χ1v) is 7.67. The fraction of sp³-hybridized carbons (Fsp3) is 0.375. The van der Waals surface area contributed by atoms with Crippen LogP contribution in [0.15, 0.2) is 35.3 Å². The van der Waals surface area contributed by atoms with Crippen molar-refractivity contribution in [2.75, 3.05) is 11.9 Å². The quantitative estimate of drug-likeness (QED) is 0.693. The van der Waals surface area contributed by atoms with Gasteiger partial charge in [-0.1, -0.05) is 0 Å². The highest BCUT2D eigenvalue weighted by Gasteiger charge is 2.21. The molecule has 0 amide bonds. The first-order valence-electron chi connectivity index (χ1n) is 7.67. The molecule has 3 aromatic rings. The Morgan fingerprint density at radius 2 is 2.27 bits per heavy atom. The second-order valence-corrected chi connectivity index (χ2v) is 5.85. The number of aromatic nitrogens is 3. The number of oxazole rings is 1. The molecule has 2 atom stereocenters. The number of rotatable bonds is 3. The van der Waals surface area contributed by atoms with Crippen LogP contribution in [0.1, 0.15) is 19.8 Å². The smallest absolute Gasteiger partial charge is 0.229 e. The summed E-state index contributed by atoms with van der Waals surface area (Å²) in [5.74, 6) is 0.593. The van der Waals surface area contributed by atoms with Gasteiger partial charge >= 0.3 is 0 Å². The van der Waals surface area contributed by atoms with Gasteiger partial charge in [-0.2, -0.15) is 0 Å². The third-order valence-corrected chi connectivity index (χ3v) is 4.26. The van der Waals surface area contributed by atoms with Crippen LogP contribution >= 0.6 is 0 Å². The molecular weight excluding hydrogens is 278 g/mol. The van der Waals surface area contributed by atoms with Crippen LogP contribution in [0.3, 0.4) is 0 Å². The Morgan fingerprint density at radius 3 is 3.05 bits per heavy atom. The SMILES string of the molecule is C[C@H]1CC[C@@H](Nc2c(-c3ncco3)cnc3[nH]ccc23)CN1. The number of H-pyrrole nitrogens is 1. The van der Waals surface area contributed by atoms with Gasteiger partial charge < -0.3 is 20.0 Å². The molecule has 1 aliphatic rings. The molecule has 22 heavy (non-hydrogen) atoms. The Hall–Kier alpha value is -2.34. The lowest BCUT2D eigenvalue weighted by Gasteiger charge is -2.29.